The zero-order valence-corrected chi connectivity index (χ0v) is 9.38. The van der Waals surface area contributed by atoms with Gasteiger partial charge in [0.25, 0.3) is 0 Å². The van der Waals surface area contributed by atoms with E-state index in [1.54, 1.807) is 12.1 Å². The van der Waals surface area contributed by atoms with E-state index in [0.29, 0.717) is 17.1 Å². The lowest BCUT2D eigenvalue weighted by atomic mass is 9.96. The molecule has 0 spiro atoms. The topological polar surface area (TPSA) is 79.1 Å². The van der Waals surface area contributed by atoms with E-state index in [-0.39, 0.29) is 12.3 Å². The van der Waals surface area contributed by atoms with Gasteiger partial charge in [-0.2, -0.15) is 9.98 Å². The molecule has 1 heterocycles. The van der Waals surface area contributed by atoms with Crippen LogP contribution < -0.4 is 10.7 Å². The third-order valence-electron chi connectivity index (χ3n) is 2.79. The highest BCUT2D eigenvalue weighted by Gasteiger charge is 2.11. The average molecular weight is 232 g/mol. The van der Waals surface area contributed by atoms with Crippen LogP contribution in [0.4, 0.5) is 4.79 Å². The van der Waals surface area contributed by atoms with Crippen molar-refractivity contribution in [1.82, 2.24) is 0 Å². The Morgan fingerprint density at radius 2 is 2.06 bits per heavy atom. The fourth-order valence-electron chi connectivity index (χ4n) is 1.77. The number of urea groups is 1. The number of benzene rings is 1. The van der Waals surface area contributed by atoms with Crippen LogP contribution in [0.5, 0.6) is 0 Å². The van der Waals surface area contributed by atoms with Gasteiger partial charge in [0.15, 0.2) is 0 Å². The molecule has 1 N–H and O–H groups in total. The first kappa shape index (κ1) is 11.4. The van der Waals surface area contributed by atoms with Crippen molar-refractivity contribution in [2.75, 3.05) is 0 Å². The molecular weight excluding hydrogens is 220 g/mol. The number of fused-ring (bicyclic) bond motifs is 1. The summed E-state index contributed by atoms with van der Waals surface area (Å²) in [6.07, 6.45) is 0.706. The lowest BCUT2D eigenvalue weighted by molar-refractivity contribution is -0.137. The van der Waals surface area contributed by atoms with Gasteiger partial charge in [0.2, 0.25) is 0 Å². The molecule has 1 aliphatic heterocycles. The average Bonchev–Trinajstić information content (AvgIpc) is 2.64. The molecule has 17 heavy (non-hydrogen) atoms. The summed E-state index contributed by atoms with van der Waals surface area (Å²) in [5.41, 5.74) is 0.985. The Labute approximate surface area is 97.5 Å². The number of carboxylic acids is 1. The minimum atomic E-state index is -0.798. The summed E-state index contributed by atoms with van der Waals surface area (Å²) in [6, 6.07) is 4.94. The Hall–Kier alpha value is -2.04. The van der Waals surface area contributed by atoms with Crippen LogP contribution in [0.2, 0.25) is 0 Å². The zero-order chi connectivity index (χ0) is 12.4. The molecular formula is C12H12N2O3. The number of carboxylic acid groups (broad SMARTS) is 1. The quantitative estimate of drug-likeness (QED) is 0.841. The van der Waals surface area contributed by atoms with E-state index in [2.05, 4.69) is 9.98 Å². The Bertz CT molecular complexity index is 592. The highest BCUT2D eigenvalue weighted by molar-refractivity contribution is 5.77. The fourth-order valence-corrected chi connectivity index (χ4v) is 1.77. The van der Waals surface area contributed by atoms with Crippen LogP contribution >= 0.6 is 0 Å². The Balaban J connectivity index is 2.22. The third-order valence-corrected chi connectivity index (χ3v) is 2.79. The molecule has 5 nitrogen and oxygen atoms in total. The van der Waals surface area contributed by atoms with Gasteiger partial charge in [-0.1, -0.05) is 13.0 Å². The lowest BCUT2D eigenvalue weighted by Crippen LogP contribution is -2.22. The normalized spacial score (nSPS) is 14.8. The molecule has 0 saturated heterocycles. The number of rotatable bonds is 4. The molecule has 0 radical (unpaired) electrons. The first-order valence-corrected chi connectivity index (χ1v) is 5.39. The second kappa shape index (κ2) is 4.45. The molecule has 88 valence electrons. The van der Waals surface area contributed by atoms with Crippen LogP contribution in [0.3, 0.4) is 0 Å². The van der Waals surface area contributed by atoms with Crippen molar-refractivity contribution in [2.24, 2.45) is 9.98 Å². The van der Waals surface area contributed by atoms with Gasteiger partial charge in [0.05, 0.1) is 10.7 Å². The van der Waals surface area contributed by atoms with Crippen LogP contribution in [0.25, 0.3) is 0 Å². The van der Waals surface area contributed by atoms with Crippen molar-refractivity contribution in [3.05, 3.63) is 34.5 Å². The highest BCUT2D eigenvalue weighted by Crippen LogP contribution is 2.18. The van der Waals surface area contributed by atoms with Crippen molar-refractivity contribution in [3.63, 3.8) is 0 Å². The monoisotopic (exact) mass is 232 g/mol. The minimum absolute atomic E-state index is 0.127. The van der Waals surface area contributed by atoms with Gasteiger partial charge in [-0.05, 0) is 30.0 Å². The van der Waals surface area contributed by atoms with Gasteiger partial charge < -0.3 is 5.11 Å². The van der Waals surface area contributed by atoms with E-state index in [0.717, 1.165) is 5.56 Å². The SMILES string of the molecule is CC(CCC(=O)O)c1ccc2c(c1)=NC(=O)N=2. The van der Waals surface area contributed by atoms with E-state index in [9.17, 15) is 9.59 Å². The molecule has 1 aromatic carbocycles. The van der Waals surface area contributed by atoms with Crippen molar-refractivity contribution < 1.29 is 14.7 Å². The van der Waals surface area contributed by atoms with E-state index in [4.69, 9.17) is 5.11 Å². The summed E-state index contributed by atoms with van der Waals surface area (Å²) in [7, 11) is 0. The number of nitrogens with zero attached hydrogens (tertiary/aromatic N) is 2. The number of carbonyl (C=O) groups excluding carboxylic acids is 1. The van der Waals surface area contributed by atoms with Crippen LogP contribution in [-0.2, 0) is 4.79 Å². The van der Waals surface area contributed by atoms with E-state index in [1.165, 1.54) is 0 Å². The number of aliphatic carboxylic acids is 1. The summed E-state index contributed by atoms with van der Waals surface area (Å²) in [6.45, 7) is 1.96. The highest BCUT2D eigenvalue weighted by atomic mass is 16.4. The molecule has 1 atom stereocenters. The minimum Gasteiger partial charge on any atom is -0.481 e. The summed E-state index contributed by atoms with van der Waals surface area (Å²) < 4.78 is 0. The lowest BCUT2D eigenvalue weighted by Gasteiger charge is -2.09. The van der Waals surface area contributed by atoms with Crippen LogP contribution in [-0.4, -0.2) is 17.1 Å². The van der Waals surface area contributed by atoms with E-state index < -0.39 is 12.0 Å². The molecule has 1 aliphatic rings. The van der Waals surface area contributed by atoms with E-state index >= 15 is 0 Å². The molecule has 0 aliphatic carbocycles. The van der Waals surface area contributed by atoms with Crippen molar-refractivity contribution in [1.29, 1.82) is 0 Å². The zero-order valence-electron chi connectivity index (χ0n) is 9.38. The number of carbonyl (C=O) groups is 2. The summed E-state index contributed by atoms with van der Waals surface area (Å²) in [4.78, 5) is 29.0. The predicted molar refractivity (Wildman–Crippen MR) is 59.4 cm³/mol. The molecule has 0 saturated carbocycles. The molecule has 0 aromatic heterocycles. The second-order valence-corrected chi connectivity index (χ2v) is 4.09. The number of amides is 2. The van der Waals surface area contributed by atoms with Crippen LogP contribution in [0.15, 0.2) is 28.2 Å². The molecule has 0 fully saturated rings. The van der Waals surface area contributed by atoms with Crippen molar-refractivity contribution >= 4 is 12.0 Å². The summed E-state index contributed by atoms with van der Waals surface area (Å²) in [5, 5.41) is 9.79. The molecule has 2 amide bonds. The molecule has 2 rings (SSSR count). The smallest absolute Gasteiger partial charge is 0.368 e. The standard InChI is InChI=1S/C12H12N2O3/c1-7(2-5-11(15)16)8-3-4-9-10(6-8)14-12(17)13-9/h3-4,6-7H,2,5H2,1H3,(H,15,16). The van der Waals surface area contributed by atoms with Gasteiger partial charge in [0, 0.05) is 6.42 Å². The van der Waals surface area contributed by atoms with Crippen molar-refractivity contribution in [3.8, 4) is 0 Å². The van der Waals surface area contributed by atoms with Gasteiger partial charge in [-0.15, -0.1) is 0 Å². The molecule has 1 unspecified atom stereocenters. The largest absolute Gasteiger partial charge is 0.481 e. The molecule has 0 bridgehead atoms. The Morgan fingerprint density at radius 3 is 2.76 bits per heavy atom. The van der Waals surface area contributed by atoms with Gasteiger partial charge >= 0.3 is 12.0 Å². The van der Waals surface area contributed by atoms with Gasteiger partial charge in [-0.25, -0.2) is 4.79 Å². The van der Waals surface area contributed by atoms with Gasteiger partial charge in [-0.3, -0.25) is 4.79 Å². The Kier molecular flexibility index (Phi) is 2.99. The third kappa shape index (κ3) is 2.55. The first-order chi connectivity index (χ1) is 8.06. The summed E-state index contributed by atoms with van der Waals surface area (Å²) in [5.74, 6) is -0.671. The fraction of sp³-hybridized carbons (Fsp3) is 0.333. The van der Waals surface area contributed by atoms with Crippen molar-refractivity contribution in [2.45, 2.75) is 25.7 Å². The molecule has 1 aromatic rings. The number of hydrogen-bond donors (Lipinski definition) is 1. The maximum atomic E-state index is 11.0. The molecule has 5 heteroatoms. The number of hydrogen-bond acceptors (Lipinski definition) is 2. The summed E-state index contributed by atoms with van der Waals surface area (Å²) >= 11 is 0. The predicted octanol–water partition coefficient (Wildman–Crippen LogP) is 1.03. The van der Waals surface area contributed by atoms with Gasteiger partial charge in [0.1, 0.15) is 0 Å². The maximum absolute atomic E-state index is 11.0. The van der Waals surface area contributed by atoms with Crippen LogP contribution in [0, 0.1) is 0 Å². The second-order valence-electron chi connectivity index (χ2n) is 4.09. The maximum Gasteiger partial charge on any atom is 0.368 e. The van der Waals surface area contributed by atoms with E-state index in [1.807, 2.05) is 13.0 Å². The van der Waals surface area contributed by atoms with Crippen LogP contribution in [0.1, 0.15) is 31.2 Å². The Morgan fingerprint density at radius 1 is 1.35 bits per heavy atom. The first-order valence-electron chi connectivity index (χ1n) is 5.39.